The van der Waals surface area contributed by atoms with Crippen molar-refractivity contribution in [3.8, 4) is 5.75 Å². The number of hydrogen-bond acceptors (Lipinski definition) is 5. The molecule has 0 atom stereocenters. The summed E-state index contributed by atoms with van der Waals surface area (Å²) in [6, 6.07) is 9.58. The topological polar surface area (TPSA) is 99.3 Å². The molecule has 0 bridgehead atoms. The lowest BCUT2D eigenvalue weighted by Crippen LogP contribution is -1.96. The normalized spacial score (nSPS) is 11.9. The van der Waals surface area contributed by atoms with E-state index in [1.165, 1.54) is 42.5 Å². The highest BCUT2D eigenvalue weighted by Crippen LogP contribution is 2.28. The summed E-state index contributed by atoms with van der Waals surface area (Å²) >= 11 is 5.72. The zero-order valence-corrected chi connectivity index (χ0v) is 11.5. The number of nitrogens with zero attached hydrogens (tertiary/aromatic N) is 2. The molecule has 0 aliphatic heterocycles. The van der Waals surface area contributed by atoms with Crippen molar-refractivity contribution < 1.29 is 18.1 Å². The van der Waals surface area contributed by atoms with Crippen molar-refractivity contribution in [1.82, 2.24) is 0 Å². The van der Waals surface area contributed by atoms with Gasteiger partial charge in [-0.3, -0.25) is 4.55 Å². The van der Waals surface area contributed by atoms with Gasteiger partial charge in [-0.2, -0.15) is 18.6 Å². The molecule has 0 radical (unpaired) electrons. The Morgan fingerprint density at radius 2 is 1.50 bits per heavy atom. The van der Waals surface area contributed by atoms with Crippen LogP contribution in [0.2, 0.25) is 5.02 Å². The van der Waals surface area contributed by atoms with E-state index in [2.05, 4.69) is 10.2 Å². The zero-order valence-electron chi connectivity index (χ0n) is 9.93. The highest BCUT2D eigenvalue weighted by molar-refractivity contribution is 7.85. The van der Waals surface area contributed by atoms with Crippen LogP contribution in [0.1, 0.15) is 0 Å². The lowest BCUT2D eigenvalue weighted by atomic mass is 10.3. The zero-order chi connectivity index (χ0) is 14.8. The molecule has 0 saturated carbocycles. The Kier molecular flexibility index (Phi) is 4.03. The van der Waals surface area contributed by atoms with Gasteiger partial charge in [-0.25, -0.2) is 0 Å². The molecule has 0 fully saturated rings. The second kappa shape index (κ2) is 5.58. The van der Waals surface area contributed by atoms with Crippen molar-refractivity contribution in [3.63, 3.8) is 0 Å². The summed E-state index contributed by atoms with van der Waals surface area (Å²) in [4.78, 5) is -0.218. The molecule has 6 nitrogen and oxygen atoms in total. The Hall–Kier alpha value is -1.96. The fourth-order valence-electron chi connectivity index (χ4n) is 1.36. The first-order valence-electron chi connectivity index (χ1n) is 5.34. The SMILES string of the molecule is O=S(=O)(O)c1ccc(/N=N/c2ccc(O)c(Cl)c2)cc1. The van der Waals surface area contributed by atoms with Crippen LogP contribution in [-0.2, 0) is 10.1 Å². The van der Waals surface area contributed by atoms with Gasteiger partial charge in [-0.15, -0.1) is 0 Å². The summed E-state index contributed by atoms with van der Waals surface area (Å²) < 4.78 is 30.5. The lowest BCUT2D eigenvalue weighted by molar-refractivity contribution is 0.475. The van der Waals surface area contributed by atoms with Crippen LogP contribution in [0.25, 0.3) is 0 Å². The molecular formula is C12H9ClN2O4S. The smallest absolute Gasteiger partial charge is 0.294 e. The van der Waals surface area contributed by atoms with Crippen molar-refractivity contribution in [1.29, 1.82) is 0 Å². The Labute approximate surface area is 120 Å². The van der Waals surface area contributed by atoms with Gasteiger partial charge in [-0.05, 0) is 42.5 Å². The van der Waals surface area contributed by atoms with Crippen LogP contribution in [-0.4, -0.2) is 18.1 Å². The minimum Gasteiger partial charge on any atom is -0.506 e. The molecule has 8 heteroatoms. The fraction of sp³-hybridized carbons (Fsp3) is 0. The predicted octanol–water partition coefficient (Wildman–Crippen LogP) is 3.71. The van der Waals surface area contributed by atoms with Crippen LogP contribution < -0.4 is 0 Å². The van der Waals surface area contributed by atoms with E-state index in [9.17, 15) is 13.5 Å². The molecule has 0 spiro atoms. The van der Waals surface area contributed by atoms with E-state index in [1.54, 1.807) is 0 Å². The van der Waals surface area contributed by atoms with Gasteiger partial charge in [-0.1, -0.05) is 11.6 Å². The number of aromatic hydroxyl groups is 1. The molecule has 0 saturated heterocycles. The average molecular weight is 313 g/mol. The number of benzene rings is 2. The van der Waals surface area contributed by atoms with Gasteiger partial charge in [0, 0.05) is 0 Å². The second-order valence-electron chi connectivity index (χ2n) is 3.80. The minimum atomic E-state index is -4.21. The van der Waals surface area contributed by atoms with E-state index >= 15 is 0 Å². The van der Waals surface area contributed by atoms with Crippen molar-refractivity contribution in [2.24, 2.45) is 10.2 Å². The number of phenolic OH excluding ortho intramolecular Hbond substituents is 1. The molecule has 0 amide bonds. The second-order valence-corrected chi connectivity index (χ2v) is 5.63. The quantitative estimate of drug-likeness (QED) is 0.666. The molecule has 0 aliphatic carbocycles. The number of halogens is 1. The maximum Gasteiger partial charge on any atom is 0.294 e. The van der Waals surface area contributed by atoms with Crippen molar-refractivity contribution in [3.05, 3.63) is 47.5 Å². The van der Waals surface area contributed by atoms with Crippen LogP contribution in [0.3, 0.4) is 0 Å². The molecule has 2 N–H and O–H groups in total. The highest BCUT2D eigenvalue weighted by Gasteiger charge is 2.08. The average Bonchev–Trinajstić information content (AvgIpc) is 2.40. The van der Waals surface area contributed by atoms with Crippen LogP contribution in [0, 0.1) is 0 Å². The Balaban J connectivity index is 2.21. The number of rotatable bonds is 3. The standard InChI is InChI=1S/C12H9ClN2O4S/c13-11-7-9(3-6-12(11)16)15-14-8-1-4-10(5-2-8)20(17,18)19/h1-7,16H,(H,17,18,19)/b15-14+. The minimum absolute atomic E-state index is 0.0527. The molecule has 0 unspecified atom stereocenters. The van der Waals surface area contributed by atoms with Gasteiger partial charge < -0.3 is 5.11 Å². The van der Waals surface area contributed by atoms with E-state index in [0.717, 1.165) is 0 Å². The summed E-state index contributed by atoms with van der Waals surface area (Å²) in [5, 5.41) is 17.2. The van der Waals surface area contributed by atoms with Crippen LogP contribution in [0.4, 0.5) is 11.4 Å². The summed E-state index contributed by atoms with van der Waals surface area (Å²) in [5.41, 5.74) is 0.841. The van der Waals surface area contributed by atoms with E-state index < -0.39 is 10.1 Å². The van der Waals surface area contributed by atoms with Gasteiger partial charge in [0.2, 0.25) is 0 Å². The van der Waals surface area contributed by atoms with Gasteiger partial charge in [0.05, 0.1) is 21.3 Å². The maximum atomic E-state index is 10.9. The Bertz CT molecular complexity index is 758. The van der Waals surface area contributed by atoms with Gasteiger partial charge in [0.1, 0.15) is 5.75 Å². The highest BCUT2D eigenvalue weighted by atomic mass is 35.5. The summed E-state index contributed by atoms with van der Waals surface area (Å²) in [6.07, 6.45) is 0. The number of azo groups is 1. The van der Waals surface area contributed by atoms with Crippen LogP contribution in [0.5, 0.6) is 5.75 Å². The van der Waals surface area contributed by atoms with E-state index in [4.69, 9.17) is 16.2 Å². The Morgan fingerprint density at radius 3 is 2.05 bits per heavy atom. The fourth-order valence-corrected chi connectivity index (χ4v) is 2.01. The van der Waals surface area contributed by atoms with Crippen molar-refractivity contribution >= 4 is 33.1 Å². The van der Waals surface area contributed by atoms with Gasteiger partial charge >= 0.3 is 0 Å². The molecule has 0 heterocycles. The van der Waals surface area contributed by atoms with Gasteiger partial charge in [0.15, 0.2) is 0 Å². The third kappa shape index (κ3) is 3.53. The first-order chi connectivity index (χ1) is 9.36. The van der Waals surface area contributed by atoms with Gasteiger partial charge in [0.25, 0.3) is 10.1 Å². The summed E-state index contributed by atoms with van der Waals surface area (Å²) in [5.74, 6) is -0.0527. The first-order valence-corrected chi connectivity index (χ1v) is 7.16. The van der Waals surface area contributed by atoms with Crippen molar-refractivity contribution in [2.45, 2.75) is 4.90 Å². The number of hydrogen-bond donors (Lipinski definition) is 2. The molecule has 2 aromatic carbocycles. The van der Waals surface area contributed by atoms with Crippen LogP contribution in [0.15, 0.2) is 57.6 Å². The summed E-state index contributed by atoms with van der Waals surface area (Å²) in [6.45, 7) is 0. The largest absolute Gasteiger partial charge is 0.506 e. The maximum absolute atomic E-state index is 10.9. The lowest BCUT2D eigenvalue weighted by Gasteiger charge is -1.98. The molecular weight excluding hydrogens is 304 g/mol. The molecule has 20 heavy (non-hydrogen) atoms. The molecule has 2 rings (SSSR count). The first kappa shape index (κ1) is 14.4. The van der Waals surface area contributed by atoms with E-state index in [-0.39, 0.29) is 15.7 Å². The third-order valence-electron chi connectivity index (χ3n) is 2.35. The molecule has 0 aliphatic rings. The third-order valence-corrected chi connectivity index (χ3v) is 3.52. The van der Waals surface area contributed by atoms with Crippen LogP contribution >= 0.6 is 11.6 Å². The molecule has 2 aromatic rings. The summed E-state index contributed by atoms with van der Waals surface area (Å²) in [7, 11) is -4.21. The monoisotopic (exact) mass is 312 g/mol. The molecule has 0 aromatic heterocycles. The Morgan fingerprint density at radius 1 is 0.950 bits per heavy atom. The number of phenols is 1. The van der Waals surface area contributed by atoms with Crippen molar-refractivity contribution in [2.75, 3.05) is 0 Å². The van der Waals surface area contributed by atoms with E-state index in [0.29, 0.717) is 11.4 Å². The van der Waals surface area contributed by atoms with E-state index in [1.807, 2.05) is 0 Å². The molecule has 104 valence electrons. The predicted molar refractivity (Wildman–Crippen MR) is 73.5 cm³/mol.